The Kier molecular flexibility index (Phi) is 4.91. The van der Waals surface area contributed by atoms with Crippen molar-refractivity contribution in [1.29, 1.82) is 0 Å². The van der Waals surface area contributed by atoms with E-state index in [9.17, 15) is 4.79 Å². The number of aromatic nitrogens is 3. The number of carbonyl (C=O) groups excluding carboxylic acids is 1. The Morgan fingerprint density at radius 2 is 2.12 bits per heavy atom. The molecule has 1 amide bonds. The number of fused-ring (bicyclic) bond motifs is 1. The first-order valence-electron chi connectivity index (χ1n) is 9.63. The lowest BCUT2D eigenvalue weighted by molar-refractivity contribution is -0.134. The van der Waals surface area contributed by atoms with Crippen LogP contribution in [0.15, 0.2) is 24.3 Å². The summed E-state index contributed by atoms with van der Waals surface area (Å²) in [6.07, 6.45) is 6.52. The molecule has 0 radical (unpaired) electrons. The van der Waals surface area contributed by atoms with Crippen molar-refractivity contribution >= 4 is 5.91 Å². The normalized spacial score (nSPS) is 19.9. The maximum absolute atomic E-state index is 12.8. The van der Waals surface area contributed by atoms with Gasteiger partial charge in [0, 0.05) is 19.5 Å². The van der Waals surface area contributed by atoms with Crippen LogP contribution in [0.1, 0.15) is 55.4 Å². The summed E-state index contributed by atoms with van der Waals surface area (Å²) in [5.74, 6) is 2.81. The number of nitrogens with zero attached hydrogens (tertiary/aromatic N) is 4. The molecular formula is C20H26N4O2. The second-order valence-corrected chi connectivity index (χ2v) is 7.29. The maximum atomic E-state index is 12.8. The smallest absolute Gasteiger partial charge is 0.261 e. The maximum Gasteiger partial charge on any atom is 0.261 e. The van der Waals surface area contributed by atoms with Crippen molar-refractivity contribution in [2.24, 2.45) is 0 Å². The number of carbonyl (C=O) groups is 1. The Morgan fingerprint density at radius 3 is 3.00 bits per heavy atom. The zero-order valence-electron chi connectivity index (χ0n) is 15.4. The van der Waals surface area contributed by atoms with Gasteiger partial charge in [-0.25, -0.2) is 0 Å². The van der Waals surface area contributed by atoms with Gasteiger partial charge in [0.05, 0.1) is 6.04 Å². The molecule has 4 rings (SSSR count). The molecule has 2 aliphatic heterocycles. The summed E-state index contributed by atoms with van der Waals surface area (Å²) in [4.78, 5) is 14.7. The van der Waals surface area contributed by atoms with Gasteiger partial charge in [-0.15, -0.1) is 10.2 Å². The molecule has 1 atom stereocenters. The van der Waals surface area contributed by atoms with Crippen molar-refractivity contribution in [3.63, 3.8) is 0 Å². The summed E-state index contributed by atoms with van der Waals surface area (Å²) >= 11 is 0. The first-order valence-corrected chi connectivity index (χ1v) is 9.63. The van der Waals surface area contributed by atoms with E-state index in [-0.39, 0.29) is 18.6 Å². The highest BCUT2D eigenvalue weighted by Crippen LogP contribution is 2.32. The lowest BCUT2D eigenvalue weighted by Gasteiger charge is -2.24. The van der Waals surface area contributed by atoms with Crippen molar-refractivity contribution < 1.29 is 9.53 Å². The highest BCUT2D eigenvalue weighted by molar-refractivity contribution is 5.78. The monoisotopic (exact) mass is 354 g/mol. The van der Waals surface area contributed by atoms with Crippen LogP contribution in [0.2, 0.25) is 0 Å². The number of likely N-dealkylation sites (tertiary alicyclic amines) is 1. The van der Waals surface area contributed by atoms with Crippen LogP contribution in [0.3, 0.4) is 0 Å². The van der Waals surface area contributed by atoms with E-state index in [1.165, 1.54) is 12.8 Å². The van der Waals surface area contributed by atoms with Crippen LogP contribution in [0.5, 0.6) is 5.75 Å². The highest BCUT2D eigenvalue weighted by Gasteiger charge is 2.34. The molecule has 1 aromatic carbocycles. The van der Waals surface area contributed by atoms with Crippen LogP contribution >= 0.6 is 0 Å². The van der Waals surface area contributed by atoms with Gasteiger partial charge in [0.15, 0.2) is 12.4 Å². The SMILES string of the molecule is Cc1cccc(OCC(=O)N2CCC[C@@H]2c2nnc3n2CCCCC3)c1. The molecule has 1 aromatic heterocycles. The second kappa shape index (κ2) is 7.48. The van der Waals surface area contributed by atoms with E-state index in [1.807, 2.05) is 36.1 Å². The number of benzene rings is 1. The number of hydrogen-bond donors (Lipinski definition) is 0. The molecule has 2 aromatic rings. The Labute approximate surface area is 154 Å². The fourth-order valence-electron chi connectivity index (χ4n) is 4.02. The molecule has 0 N–H and O–H groups in total. The van der Waals surface area contributed by atoms with Gasteiger partial charge in [0.25, 0.3) is 5.91 Å². The van der Waals surface area contributed by atoms with E-state index in [2.05, 4.69) is 14.8 Å². The van der Waals surface area contributed by atoms with E-state index in [4.69, 9.17) is 4.74 Å². The van der Waals surface area contributed by atoms with Gasteiger partial charge in [-0.1, -0.05) is 18.6 Å². The third kappa shape index (κ3) is 3.45. The topological polar surface area (TPSA) is 60.2 Å². The third-order valence-corrected chi connectivity index (χ3v) is 5.36. The number of rotatable bonds is 4. The second-order valence-electron chi connectivity index (χ2n) is 7.29. The molecule has 6 heteroatoms. The van der Waals surface area contributed by atoms with Crippen molar-refractivity contribution in [2.75, 3.05) is 13.2 Å². The summed E-state index contributed by atoms with van der Waals surface area (Å²) in [7, 11) is 0. The molecule has 3 heterocycles. The average molecular weight is 354 g/mol. The number of amides is 1. The molecule has 0 spiro atoms. The van der Waals surface area contributed by atoms with Crippen LogP contribution in [0.25, 0.3) is 0 Å². The van der Waals surface area contributed by atoms with Gasteiger partial charge >= 0.3 is 0 Å². The average Bonchev–Trinajstić information content (AvgIpc) is 3.21. The van der Waals surface area contributed by atoms with Gasteiger partial charge in [0.2, 0.25) is 0 Å². The fourth-order valence-corrected chi connectivity index (χ4v) is 4.02. The molecule has 6 nitrogen and oxygen atoms in total. The number of ether oxygens (including phenoxy) is 1. The quantitative estimate of drug-likeness (QED) is 0.847. The van der Waals surface area contributed by atoms with Crippen LogP contribution < -0.4 is 4.74 Å². The van der Waals surface area contributed by atoms with Gasteiger partial charge in [-0.2, -0.15) is 0 Å². The largest absolute Gasteiger partial charge is 0.484 e. The van der Waals surface area contributed by atoms with Crippen LogP contribution in [0.4, 0.5) is 0 Å². The summed E-state index contributed by atoms with van der Waals surface area (Å²) < 4.78 is 7.98. The Bertz CT molecular complexity index is 786. The molecule has 0 unspecified atom stereocenters. The highest BCUT2D eigenvalue weighted by atomic mass is 16.5. The molecule has 1 saturated heterocycles. The standard InChI is InChI=1S/C20H26N4O2/c1-15-7-5-8-16(13-15)26-14-19(25)23-12-6-9-17(23)20-22-21-18-10-3-2-4-11-24(18)20/h5,7-8,13,17H,2-4,6,9-12,14H2,1H3/t17-/m1/s1. The zero-order chi connectivity index (χ0) is 17.9. The minimum atomic E-state index is 0.0278. The van der Waals surface area contributed by atoms with Crippen LogP contribution in [-0.4, -0.2) is 38.7 Å². The van der Waals surface area contributed by atoms with Gasteiger partial charge in [0.1, 0.15) is 11.6 Å². The van der Waals surface area contributed by atoms with Gasteiger partial charge in [-0.05, 0) is 50.3 Å². The molecule has 1 fully saturated rings. The number of hydrogen-bond acceptors (Lipinski definition) is 4. The molecular weight excluding hydrogens is 328 g/mol. The Morgan fingerprint density at radius 1 is 1.19 bits per heavy atom. The molecule has 2 aliphatic rings. The minimum absolute atomic E-state index is 0.0278. The lowest BCUT2D eigenvalue weighted by Crippen LogP contribution is -2.35. The predicted octanol–water partition coefficient (Wildman–Crippen LogP) is 3.06. The molecule has 0 bridgehead atoms. The minimum Gasteiger partial charge on any atom is -0.484 e. The van der Waals surface area contributed by atoms with Crippen LogP contribution in [0, 0.1) is 6.92 Å². The molecule has 0 saturated carbocycles. The first-order chi connectivity index (χ1) is 12.7. The van der Waals surface area contributed by atoms with E-state index in [1.54, 1.807) is 0 Å². The number of aryl methyl sites for hydroxylation is 2. The van der Waals surface area contributed by atoms with Crippen molar-refractivity contribution in [3.05, 3.63) is 41.5 Å². The Hall–Kier alpha value is -2.37. The Balaban J connectivity index is 1.46. The van der Waals surface area contributed by atoms with Crippen molar-refractivity contribution in [3.8, 4) is 5.75 Å². The van der Waals surface area contributed by atoms with Crippen molar-refractivity contribution in [2.45, 2.75) is 58.0 Å². The van der Waals surface area contributed by atoms with E-state index in [0.717, 1.165) is 61.7 Å². The van der Waals surface area contributed by atoms with E-state index < -0.39 is 0 Å². The summed E-state index contributed by atoms with van der Waals surface area (Å²) in [6, 6.07) is 7.83. The van der Waals surface area contributed by atoms with E-state index in [0.29, 0.717) is 0 Å². The summed E-state index contributed by atoms with van der Waals surface area (Å²) in [5.41, 5.74) is 1.13. The van der Waals surface area contributed by atoms with Gasteiger partial charge < -0.3 is 14.2 Å². The summed E-state index contributed by atoms with van der Waals surface area (Å²) in [5, 5.41) is 8.86. The molecule has 26 heavy (non-hydrogen) atoms. The summed E-state index contributed by atoms with van der Waals surface area (Å²) in [6.45, 7) is 3.82. The molecule has 138 valence electrons. The van der Waals surface area contributed by atoms with E-state index >= 15 is 0 Å². The third-order valence-electron chi connectivity index (χ3n) is 5.36. The van der Waals surface area contributed by atoms with Gasteiger partial charge in [-0.3, -0.25) is 4.79 Å². The zero-order valence-corrected chi connectivity index (χ0v) is 15.4. The first kappa shape index (κ1) is 17.1. The van der Waals surface area contributed by atoms with Crippen LogP contribution in [-0.2, 0) is 17.8 Å². The fraction of sp³-hybridized carbons (Fsp3) is 0.550. The molecule has 0 aliphatic carbocycles. The predicted molar refractivity (Wildman–Crippen MR) is 97.9 cm³/mol. The lowest BCUT2D eigenvalue weighted by atomic mass is 10.2. The van der Waals surface area contributed by atoms with Crippen molar-refractivity contribution in [1.82, 2.24) is 19.7 Å².